The summed E-state index contributed by atoms with van der Waals surface area (Å²) in [6.07, 6.45) is 1.23. The minimum Gasteiger partial charge on any atom is -0.276 e. The van der Waals surface area contributed by atoms with Crippen molar-refractivity contribution in [2.75, 3.05) is 6.26 Å². The van der Waals surface area contributed by atoms with Gasteiger partial charge < -0.3 is 0 Å². The molecule has 3 aromatic rings. The van der Waals surface area contributed by atoms with Gasteiger partial charge in [0.05, 0.1) is 22.0 Å². The van der Waals surface area contributed by atoms with Crippen LogP contribution in [0.25, 0.3) is 21.8 Å². The molecule has 0 unspecified atom stereocenters. The van der Waals surface area contributed by atoms with E-state index in [4.69, 9.17) is 11.6 Å². The molecule has 4 nitrogen and oxygen atoms in total. The van der Waals surface area contributed by atoms with E-state index >= 15 is 0 Å². The lowest BCUT2D eigenvalue weighted by Gasteiger charge is -2.04. The van der Waals surface area contributed by atoms with Crippen molar-refractivity contribution in [1.82, 2.24) is 10.2 Å². The van der Waals surface area contributed by atoms with Crippen molar-refractivity contribution in [3.8, 4) is 21.8 Å². The second-order valence-electron chi connectivity index (χ2n) is 4.98. The number of rotatable bonds is 4. The molecule has 3 rings (SSSR count). The normalized spacial score (nSPS) is 11.7. The predicted molar refractivity (Wildman–Crippen MR) is 90.9 cm³/mol. The van der Waals surface area contributed by atoms with Crippen LogP contribution >= 0.6 is 22.9 Å². The Morgan fingerprint density at radius 1 is 1.23 bits per heavy atom. The Bertz CT molecular complexity index is 882. The van der Waals surface area contributed by atoms with Gasteiger partial charge in [-0.15, -0.1) is 11.3 Å². The van der Waals surface area contributed by atoms with Crippen molar-refractivity contribution in [1.29, 1.82) is 0 Å². The fourth-order valence-electron chi connectivity index (χ4n) is 2.24. The lowest BCUT2D eigenvalue weighted by atomic mass is 10.1. The standard InChI is InChI=1S/C15H13ClN2O2S2/c1-22(19,20)9-12-14(10-4-6-11(16)7-5-10)17-18-15(12)13-3-2-8-21-13/h2-8H,9H2,1H3,(H,17,18). The van der Waals surface area contributed by atoms with E-state index in [9.17, 15) is 8.42 Å². The molecule has 0 spiro atoms. The molecule has 0 bridgehead atoms. The summed E-state index contributed by atoms with van der Waals surface area (Å²) in [5, 5.41) is 9.88. The zero-order valence-electron chi connectivity index (χ0n) is 11.7. The fraction of sp³-hybridized carbons (Fsp3) is 0.133. The summed E-state index contributed by atoms with van der Waals surface area (Å²) in [5.41, 5.74) is 2.92. The molecule has 0 amide bonds. The van der Waals surface area contributed by atoms with Crippen LogP contribution in [0.2, 0.25) is 5.02 Å². The van der Waals surface area contributed by atoms with Crippen LogP contribution in [0.15, 0.2) is 41.8 Å². The van der Waals surface area contributed by atoms with Gasteiger partial charge in [-0.25, -0.2) is 8.42 Å². The average molecular weight is 353 g/mol. The van der Waals surface area contributed by atoms with Crippen molar-refractivity contribution < 1.29 is 8.42 Å². The number of aromatic amines is 1. The predicted octanol–water partition coefficient (Wildman–Crippen LogP) is 4.00. The van der Waals surface area contributed by atoms with Crippen LogP contribution in [-0.2, 0) is 15.6 Å². The Morgan fingerprint density at radius 2 is 1.95 bits per heavy atom. The van der Waals surface area contributed by atoms with Crippen LogP contribution in [-0.4, -0.2) is 24.9 Å². The number of nitrogens with zero attached hydrogens (tertiary/aromatic N) is 1. The Labute approximate surface area is 137 Å². The minimum atomic E-state index is -3.18. The van der Waals surface area contributed by atoms with Crippen LogP contribution in [0.3, 0.4) is 0 Å². The van der Waals surface area contributed by atoms with E-state index in [1.807, 2.05) is 29.6 Å². The molecular formula is C15H13ClN2O2S2. The topological polar surface area (TPSA) is 62.8 Å². The lowest BCUT2D eigenvalue weighted by molar-refractivity contribution is 0.601. The maximum absolute atomic E-state index is 11.8. The third kappa shape index (κ3) is 3.24. The first-order valence-electron chi connectivity index (χ1n) is 6.49. The third-order valence-electron chi connectivity index (χ3n) is 3.16. The summed E-state index contributed by atoms with van der Waals surface area (Å²) in [6, 6.07) is 11.1. The smallest absolute Gasteiger partial charge is 0.151 e. The number of nitrogens with one attached hydrogen (secondary N) is 1. The highest BCUT2D eigenvalue weighted by Crippen LogP contribution is 2.34. The molecule has 22 heavy (non-hydrogen) atoms. The van der Waals surface area contributed by atoms with Crippen molar-refractivity contribution in [2.24, 2.45) is 0 Å². The molecule has 114 valence electrons. The largest absolute Gasteiger partial charge is 0.276 e. The van der Waals surface area contributed by atoms with Crippen LogP contribution < -0.4 is 0 Å². The molecule has 7 heteroatoms. The molecule has 0 aliphatic rings. The third-order valence-corrected chi connectivity index (χ3v) is 5.11. The zero-order chi connectivity index (χ0) is 15.7. The van der Waals surface area contributed by atoms with E-state index in [0.29, 0.717) is 16.3 Å². The van der Waals surface area contributed by atoms with Gasteiger partial charge in [0.15, 0.2) is 9.84 Å². The first-order valence-corrected chi connectivity index (χ1v) is 9.80. The Hall–Kier alpha value is -1.63. The maximum atomic E-state index is 11.8. The van der Waals surface area contributed by atoms with E-state index in [1.165, 1.54) is 17.6 Å². The van der Waals surface area contributed by atoms with Gasteiger partial charge in [-0.3, -0.25) is 5.10 Å². The number of halogens is 1. The molecule has 1 aromatic carbocycles. The summed E-state index contributed by atoms with van der Waals surface area (Å²) in [5.74, 6) is -0.0608. The number of hydrogen-bond donors (Lipinski definition) is 1. The highest BCUT2D eigenvalue weighted by Gasteiger charge is 2.20. The minimum absolute atomic E-state index is 0.0608. The SMILES string of the molecule is CS(=O)(=O)Cc1c(-c2ccc(Cl)cc2)n[nH]c1-c1cccs1. The van der Waals surface area contributed by atoms with Crippen LogP contribution in [0, 0.1) is 0 Å². The van der Waals surface area contributed by atoms with E-state index in [-0.39, 0.29) is 5.75 Å². The van der Waals surface area contributed by atoms with Crippen LogP contribution in [0.5, 0.6) is 0 Å². The van der Waals surface area contributed by atoms with Crippen molar-refractivity contribution in [3.05, 3.63) is 52.4 Å². The van der Waals surface area contributed by atoms with E-state index < -0.39 is 9.84 Å². The molecule has 0 fully saturated rings. The first-order chi connectivity index (χ1) is 10.4. The number of benzene rings is 1. The van der Waals surface area contributed by atoms with Gasteiger partial charge in [0.1, 0.15) is 0 Å². The van der Waals surface area contributed by atoms with Gasteiger partial charge in [-0.2, -0.15) is 5.10 Å². The maximum Gasteiger partial charge on any atom is 0.151 e. The second kappa shape index (κ2) is 5.87. The Balaban J connectivity index is 2.16. The summed E-state index contributed by atoms with van der Waals surface area (Å²) < 4.78 is 23.6. The van der Waals surface area contributed by atoms with Gasteiger partial charge in [-0.05, 0) is 23.6 Å². The molecule has 0 saturated heterocycles. The fourth-order valence-corrected chi connectivity index (χ4v) is 3.92. The van der Waals surface area contributed by atoms with E-state index in [2.05, 4.69) is 10.2 Å². The Morgan fingerprint density at radius 3 is 2.55 bits per heavy atom. The van der Waals surface area contributed by atoms with Crippen molar-refractivity contribution >= 4 is 32.8 Å². The number of H-pyrrole nitrogens is 1. The van der Waals surface area contributed by atoms with Crippen molar-refractivity contribution in [3.63, 3.8) is 0 Å². The summed E-state index contributed by atoms with van der Waals surface area (Å²) in [4.78, 5) is 0.964. The summed E-state index contributed by atoms with van der Waals surface area (Å²) in [7, 11) is -3.18. The molecule has 0 aliphatic heterocycles. The molecule has 1 N–H and O–H groups in total. The highest BCUT2D eigenvalue weighted by molar-refractivity contribution is 7.89. The van der Waals surface area contributed by atoms with E-state index in [0.717, 1.165) is 16.1 Å². The number of thiophene rings is 1. The van der Waals surface area contributed by atoms with Gasteiger partial charge in [0.25, 0.3) is 0 Å². The molecule has 0 atom stereocenters. The number of sulfone groups is 1. The molecule has 0 radical (unpaired) electrons. The Kier molecular flexibility index (Phi) is 4.08. The molecule has 0 aliphatic carbocycles. The zero-order valence-corrected chi connectivity index (χ0v) is 14.1. The monoisotopic (exact) mass is 352 g/mol. The summed E-state index contributed by atoms with van der Waals surface area (Å²) in [6.45, 7) is 0. The van der Waals surface area contributed by atoms with Gasteiger partial charge in [0.2, 0.25) is 0 Å². The highest BCUT2D eigenvalue weighted by atomic mass is 35.5. The average Bonchev–Trinajstić information content (AvgIpc) is 3.07. The second-order valence-corrected chi connectivity index (χ2v) is 8.50. The first kappa shape index (κ1) is 15.3. The molecule has 0 saturated carbocycles. The summed E-state index contributed by atoms with van der Waals surface area (Å²) >= 11 is 7.45. The molecule has 2 heterocycles. The number of hydrogen-bond acceptors (Lipinski definition) is 4. The van der Waals surface area contributed by atoms with Crippen LogP contribution in [0.4, 0.5) is 0 Å². The van der Waals surface area contributed by atoms with Crippen LogP contribution in [0.1, 0.15) is 5.56 Å². The molecule has 2 aromatic heterocycles. The quantitative estimate of drug-likeness (QED) is 0.771. The van der Waals surface area contributed by atoms with Gasteiger partial charge in [0, 0.05) is 22.4 Å². The van der Waals surface area contributed by atoms with Gasteiger partial charge >= 0.3 is 0 Å². The van der Waals surface area contributed by atoms with Gasteiger partial charge in [-0.1, -0.05) is 29.8 Å². The van der Waals surface area contributed by atoms with E-state index in [1.54, 1.807) is 12.1 Å². The van der Waals surface area contributed by atoms with Crippen molar-refractivity contribution in [2.45, 2.75) is 5.75 Å². The lowest BCUT2D eigenvalue weighted by Crippen LogP contribution is -2.02. The molecular weight excluding hydrogens is 340 g/mol. The number of aromatic nitrogens is 2.